The monoisotopic (exact) mass is 203 g/mol. The maximum atomic E-state index is 11.4. The van der Waals surface area contributed by atoms with E-state index in [2.05, 4.69) is 11.6 Å². The second-order valence-electron chi connectivity index (χ2n) is 3.82. The van der Waals surface area contributed by atoms with Gasteiger partial charge >= 0.3 is 5.97 Å². The highest BCUT2D eigenvalue weighted by Gasteiger charge is 2.30. The summed E-state index contributed by atoms with van der Waals surface area (Å²) in [6, 6.07) is 3.83. The first kappa shape index (κ1) is 9.90. The van der Waals surface area contributed by atoms with E-state index in [1.54, 1.807) is 12.4 Å². The Labute approximate surface area is 88.8 Å². The molecule has 0 N–H and O–H groups in total. The molecule has 0 bridgehead atoms. The van der Waals surface area contributed by atoms with E-state index >= 15 is 0 Å². The average molecular weight is 203 g/mol. The maximum absolute atomic E-state index is 11.4. The van der Waals surface area contributed by atoms with Crippen LogP contribution in [0.1, 0.15) is 24.8 Å². The Hall–Kier alpha value is -1.64. The van der Waals surface area contributed by atoms with Gasteiger partial charge in [-0.1, -0.05) is 12.6 Å². The van der Waals surface area contributed by atoms with Crippen molar-refractivity contribution in [3.05, 3.63) is 42.2 Å². The molecule has 0 aliphatic carbocycles. The summed E-state index contributed by atoms with van der Waals surface area (Å²) in [5.74, 6) is -0.238. The SMILES string of the molecule is C=C1C(=O)OC(C)CC1c1cccnc1. The normalized spacial score (nSPS) is 26.2. The van der Waals surface area contributed by atoms with Crippen LogP contribution in [0.25, 0.3) is 0 Å². The first-order valence-corrected chi connectivity index (χ1v) is 4.98. The minimum absolute atomic E-state index is 0.0480. The van der Waals surface area contributed by atoms with Crippen LogP contribution < -0.4 is 0 Å². The van der Waals surface area contributed by atoms with Gasteiger partial charge in [0.05, 0.1) is 0 Å². The standard InChI is InChI=1S/C12H13NO2/c1-8-6-11(9(2)12(14)15-8)10-4-3-5-13-7-10/h3-5,7-8,11H,2,6H2,1H3. The summed E-state index contributed by atoms with van der Waals surface area (Å²) in [6.45, 7) is 5.68. The molecule has 1 aliphatic heterocycles. The predicted octanol–water partition coefficient (Wildman–Crippen LogP) is 2.06. The topological polar surface area (TPSA) is 39.2 Å². The van der Waals surface area contributed by atoms with E-state index in [1.807, 2.05) is 19.1 Å². The third-order valence-electron chi connectivity index (χ3n) is 2.65. The molecule has 2 rings (SSSR count). The molecule has 3 heteroatoms. The van der Waals surface area contributed by atoms with Crippen LogP contribution in [0.3, 0.4) is 0 Å². The minimum atomic E-state index is -0.289. The van der Waals surface area contributed by atoms with Crippen LogP contribution in [0.2, 0.25) is 0 Å². The van der Waals surface area contributed by atoms with Crippen LogP contribution in [0, 0.1) is 0 Å². The van der Waals surface area contributed by atoms with E-state index in [9.17, 15) is 4.79 Å². The zero-order chi connectivity index (χ0) is 10.8. The first-order chi connectivity index (χ1) is 7.18. The van der Waals surface area contributed by atoms with E-state index < -0.39 is 0 Å². The molecule has 0 aromatic carbocycles. The Balaban J connectivity index is 2.28. The van der Waals surface area contributed by atoms with Crippen molar-refractivity contribution in [2.24, 2.45) is 0 Å². The lowest BCUT2D eigenvalue weighted by molar-refractivity contribution is -0.147. The molecule has 3 nitrogen and oxygen atoms in total. The van der Waals surface area contributed by atoms with E-state index in [-0.39, 0.29) is 18.0 Å². The van der Waals surface area contributed by atoms with Crippen LogP contribution in [0.5, 0.6) is 0 Å². The number of ether oxygens (including phenoxy) is 1. The Bertz CT molecular complexity index is 386. The highest BCUT2D eigenvalue weighted by atomic mass is 16.5. The Morgan fingerprint density at radius 1 is 1.60 bits per heavy atom. The lowest BCUT2D eigenvalue weighted by Gasteiger charge is -2.28. The molecule has 0 saturated carbocycles. The lowest BCUT2D eigenvalue weighted by atomic mass is 9.86. The number of cyclic esters (lactones) is 1. The van der Waals surface area contributed by atoms with Gasteiger partial charge < -0.3 is 4.74 Å². The van der Waals surface area contributed by atoms with Gasteiger partial charge in [0.25, 0.3) is 0 Å². The maximum Gasteiger partial charge on any atom is 0.334 e. The molecular weight excluding hydrogens is 190 g/mol. The molecule has 1 fully saturated rings. The second kappa shape index (κ2) is 3.85. The molecule has 1 aromatic heterocycles. The number of hydrogen-bond donors (Lipinski definition) is 0. The molecular formula is C12H13NO2. The largest absolute Gasteiger partial charge is 0.459 e. The number of nitrogens with zero attached hydrogens (tertiary/aromatic N) is 1. The van der Waals surface area contributed by atoms with Crippen molar-refractivity contribution < 1.29 is 9.53 Å². The van der Waals surface area contributed by atoms with Crippen molar-refractivity contribution in [1.82, 2.24) is 4.98 Å². The molecule has 1 aliphatic rings. The fraction of sp³-hybridized carbons (Fsp3) is 0.333. The summed E-state index contributed by atoms with van der Waals surface area (Å²) in [7, 11) is 0. The van der Waals surface area contributed by atoms with E-state index in [0.717, 1.165) is 12.0 Å². The summed E-state index contributed by atoms with van der Waals surface area (Å²) in [6.07, 6.45) is 4.24. The lowest BCUT2D eigenvalue weighted by Crippen LogP contribution is -2.28. The number of carbonyl (C=O) groups excluding carboxylic acids is 1. The summed E-state index contributed by atoms with van der Waals surface area (Å²) >= 11 is 0. The average Bonchev–Trinajstić information content (AvgIpc) is 2.24. The van der Waals surface area contributed by atoms with Gasteiger partial charge in [0, 0.05) is 23.9 Å². The smallest absolute Gasteiger partial charge is 0.334 e. The molecule has 2 atom stereocenters. The van der Waals surface area contributed by atoms with Crippen molar-refractivity contribution in [3.8, 4) is 0 Å². The van der Waals surface area contributed by atoms with Gasteiger partial charge in [-0.2, -0.15) is 0 Å². The molecule has 1 aromatic rings. The van der Waals surface area contributed by atoms with Gasteiger partial charge in [0.2, 0.25) is 0 Å². The molecule has 0 radical (unpaired) electrons. The third-order valence-corrected chi connectivity index (χ3v) is 2.65. The fourth-order valence-electron chi connectivity index (χ4n) is 1.84. The predicted molar refractivity (Wildman–Crippen MR) is 56.3 cm³/mol. The molecule has 0 amide bonds. The molecule has 0 spiro atoms. The van der Waals surface area contributed by atoms with Crippen LogP contribution in [0.4, 0.5) is 0 Å². The number of pyridine rings is 1. The van der Waals surface area contributed by atoms with Crippen molar-refractivity contribution in [3.63, 3.8) is 0 Å². The van der Waals surface area contributed by atoms with Gasteiger partial charge in [0.1, 0.15) is 6.10 Å². The molecule has 78 valence electrons. The Kier molecular flexibility index (Phi) is 2.54. The number of esters is 1. The van der Waals surface area contributed by atoms with Gasteiger partial charge in [0.15, 0.2) is 0 Å². The van der Waals surface area contributed by atoms with E-state index in [4.69, 9.17) is 4.74 Å². The molecule has 1 saturated heterocycles. The number of aromatic nitrogens is 1. The van der Waals surface area contributed by atoms with Crippen molar-refractivity contribution in [2.75, 3.05) is 0 Å². The van der Waals surface area contributed by atoms with Crippen molar-refractivity contribution in [1.29, 1.82) is 0 Å². The zero-order valence-electron chi connectivity index (χ0n) is 8.64. The van der Waals surface area contributed by atoms with Crippen molar-refractivity contribution >= 4 is 5.97 Å². The highest BCUT2D eigenvalue weighted by Crippen LogP contribution is 2.33. The van der Waals surface area contributed by atoms with Crippen LogP contribution in [-0.2, 0) is 9.53 Å². The Morgan fingerprint density at radius 3 is 3.07 bits per heavy atom. The van der Waals surface area contributed by atoms with E-state index in [0.29, 0.717) is 5.57 Å². The minimum Gasteiger partial charge on any atom is -0.459 e. The number of carbonyl (C=O) groups is 1. The third kappa shape index (κ3) is 1.91. The Morgan fingerprint density at radius 2 is 2.40 bits per heavy atom. The summed E-state index contributed by atoms with van der Waals surface area (Å²) in [5.41, 5.74) is 1.56. The van der Waals surface area contributed by atoms with Crippen LogP contribution in [-0.4, -0.2) is 17.1 Å². The molecule has 2 unspecified atom stereocenters. The zero-order valence-corrected chi connectivity index (χ0v) is 8.64. The number of hydrogen-bond acceptors (Lipinski definition) is 3. The molecule has 15 heavy (non-hydrogen) atoms. The first-order valence-electron chi connectivity index (χ1n) is 4.98. The van der Waals surface area contributed by atoms with Crippen LogP contribution >= 0.6 is 0 Å². The fourth-order valence-corrected chi connectivity index (χ4v) is 1.84. The summed E-state index contributed by atoms with van der Waals surface area (Å²) < 4.78 is 5.09. The van der Waals surface area contributed by atoms with Gasteiger partial charge in [-0.25, -0.2) is 4.79 Å². The second-order valence-corrected chi connectivity index (χ2v) is 3.82. The van der Waals surface area contributed by atoms with E-state index in [1.165, 1.54) is 0 Å². The molecule has 2 heterocycles. The summed E-state index contributed by atoms with van der Waals surface area (Å²) in [5, 5.41) is 0. The quantitative estimate of drug-likeness (QED) is 0.518. The number of rotatable bonds is 1. The van der Waals surface area contributed by atoms with Gasteiger partial charge in [-0.15, -0.1) is 0 Å². The summed E-state index contributed by atoms with van der Waals surface area (Å²) in [4.78, 5) is 15.5. The van der Waals surface area contributed by atoms with Crippen molar-refractivity contribution in [2.45, 2.75) is 25.4 Å². The highest BCUT2D eigenvalue weighted by molar-refractivity contribution is 5.90. The van der Waals surface area contributed by atoms with Crippen LogP contribution in [0.15, 0.2) is 36.7 Å². The van der Waals surface area contributed by atoms with Gasteiger partial charge in [-0.05, 0) is 25.0 Å². The van der Waals surface area contributed by atoms with Gasteiger partial charge in [-0.3, -0.25) is 4.98 Å².